The number of nitrogens with zero attached hydrogens (tertiary/aromatic N) is 1. The van der Waals surface area contributed by atoms with Gasteiger partial charge in [-0.25, -0.2) is 0 Å². The fraction of sp³-hybridized carbons (Fsp3) is 0.650. The number of piperidine rings is 1. The summed E-state index contributed by atoms with van der Waals surface area (Å²) >= 11 is 6.41. The van der Waals surface area contributed by atoms with Crippen molar-refractivity contribution in [2.45, 2.75) is 39.5 Å². The van der Waals surface area contributed by atoms with E-state index in [4.69, 9.17) is 21.1 Å². The second-order valence-corrected chi connectivity index (χ2v) is 7.12. The topological polar surface area (TPSA) is 50.8 Å². The molecule has 0 bridgehead atoms. The molecule has 0 atom stereocenters. The van der Waals surface area contributed by atoms with Crippen LogP contribution in [0.3, 0.4) is 0 Å². The van der Waals surface area contributed by atoms with E-state index in [2.05, 4.69) is 12.2 Å². The number of likely N-dealkylation sites (tertiary alicyclic amines) is 1. The third kappa shape index (κ3) is 5.52. The number of rotatable bonds is 9. The van der Waals surface area contributed by atoms with Crippen LogP contribution >= 0.6 is 11.6 Å². The first-order chi connectivity index (χ1) is 12.6. The molecule has 1 aromatic carbocycles. The third-order valence-corrected chi connectivity index (χ3v) is 4.98. The maximum absolute atomic E-state index is 12.9. The number of unbranched alkanes of at least 4 members (excludes halogenated alkanes) is 1. The molecule has 2 rings (SSSR count). The van der Waals surface area contributed by atoms with E-state index in [9.17, 15) is 4.79 Å². The van der Waals surface area contributed by atoms with E-state index in [-0.39, 0.29) is 5.91 Å². The monoisotopic (exact) mass is 382 g/mol. The highest BCUT2D eigenvalue weighted by molar-refractivity contribution is 6.32. The van der Waals surface area contributed by atoms with Crippen molar-refractivity contribution >= 4 is 17.5 Å². The van der Waals surface area contributed by atoms with Gasteiger partial charge < -0.3 is 19.7 Å². The van der Waals surface area contributed by atoms with Crippen molar-refractivity contribution in [2.75, 3.05) is 39.9 Å². The van der Waals surface area contributed by atoms with Crippen LogP contribution in [-0.2, 0) is 0 Å². The van der Waals surface area contributed by atoms with Crippen molar-refractivity contribution in [3.8, 4) is 11.5 Å². The summed E-state index contributed by atoms with van der Waals surface area (Å²) in [4.78, 5) is 14.8. The Labute approximate surface area is 162 Å². The van der Waals surface area contributed by atoms with Crippen LogP contribution in [0.15, 0.2) is 12.1 Å². The lowest BCUT2D eigenvalue weighted by Crippen LogP contribution is -2.40. The van der Waals surface area contributed by atoms with Crippen molar-refractivity contribution in [1.29, 1.82) is 0 Å². The molecule has 0 aliphatic carbocycles. The molecule has 6 heteroatoms. The van der Waals surface area contributed by atoms with E-state index in [0.717, 1.165) is 45.3 Å². The van der Waals surface area contributed by atoms with Crippen molar-refractivity contribution < 1.29 is 14.3 Å². The summed E-state index contributed by atoms with van der Waals surface area (Å²) in [5.74, 6) is 1.73. The lowest BCUT2D eigenvalue weighted by Gasteiger charge is -2.32. The molecular weight excluding hydrogens is 352 g/mol. The molecular formula is C20H31ClN2O3. The zero-order valence-corrected chi connectivity index (χ0v) is 16.9. The van der Waals surface area contributed by atoms with Crippen LogP contribution in [0.1, 0.15) is 49.9 Å². The van der Waals surface area contributed by atoms with Gasteiger partial charge in [0.05, 0.1) is 18.2 Å². The van der Waals surface area contributed by atoms with E-state index in [1.807, 2.05) is 18.9 Å². The molecule has 5 nitrogen and oxygen atoms in total. The highest BCUT2D eigenvalue weighted by Crippen LogP contribution is 2.37. The van der Waals surface area contributed by atoms with E-state index in [1.165, 1.54) is 0 Å². The van der Waals surface area contributed by atoms with Crippen molar-refractivity contribution in [3.63, 3.8) is 0 Å². The Hall–Kier alpha value is -1.46. The second kappa shape index (κ2) is 10.6. The van der Waals surface area contributed by atoms with E-state index >= 15 is 0 Å². The molecule has 1 saturated heterocycles. The minimum atomic E-state index is 0.0101. The maximum Gasteiger partial charge on any atom is 0.254 e. The largest absolute Gasteiger partial charge is 0.490 e. The van der Waals surface area contributed by atoms with Crippen LogP contribution in [0.25, 0.3) is 0 Å². The predicted octanol–water partition coefficient (Wildman–Crippen LogP) is 3.99. The Bertz CT molecular complexity index is 587. The molecule has 0 aromatic heterocycles. The highest BCUT2D eigenvalue weighted by atomic mass is 35.5. The molecule has 0 spiro atoms. The van der Waals surface area contributed by atoms with Crippen LogP contribution in [0.5, 0.6) is 11.5 Å². The number of carbonyl (C=O) groups is 1. The average Bonchev–Trinajstić information content (AvgIpc) is 2.64. The molecule has 0 unspecified atom stereocenters. The van der Waals surface area contributed by atoms with Crippen LogP contribution in [0, 0.1) is 5.92 Å². The van der Waals surface area contributed by atoms with Gasteiger partial charge in [0.1, 0.15) is 0 Å². The van der Waals surface area contributed by atoms with Crippen LogP contribution in [0.2, 0.25) is 5.02 Å². The summed E-state index contributed by atoms with van der Waals surface area (Å²) in [5.41, 5.74) is 0.563. The number of ether oxygens (including phenoxy) is 2. The zero-order valence-electron chi connectivity index (χ0n) is 16.1. The fourth-order valence-corrected chi connectivity index (χ4v) is 3.49. The first-order valence-corrected chi connectivity index (χ1v) is 10.0. The Kier molecular flexibility index (Phi) is 8.52. The first-order valence-electron chi connectivity index (χ1n) is 9.63. The van der Waals surface area contributed by atoms with Crippen molar-refractivity contribution in [1.82, 2.24) is 10.2 Å². The Morgan fingerprint density at radius 2 is 2.00 bits per heavy atom. The average molecular weight is 383 g/mol. The molecule has 1 heterocycles. The fourth-order valence-electron chi connectivity index (χ4n) is 3.22. The highest BCUT2D eigenvalue weighted by Gasteiger charge is 2.25. The second-order valence-electron chi connectivity index (χ2n) is 6.71. The Balaban J connectivity index is 2.12. The van der Waals surface area contributed by atoms with Crippen LogP contribution in [-0.4, -0.2) is 50.7 Å². The number of halogens is 1. The molecule has 1 fully saturated rings. The van der Waals surface area contributed by atoms with Gasteiger partial charge in [0, 0.05) is 18.7 Å². The third-order valence-electron chi connectivity index (χ3n) is 4.70. The molecule has 1 amide bonds. The van der Waals surface area contributed by atoms with Gasteiger partial charge in [-0.2, -0.15) is 0 Å². The summed E-state index contributed by atoms with van der Waals surface area (Å²) in [5, 5.41) is 3.65. The maximum atomic E-state index is 12.9. The molecule has 1 aliphatic rings. The molecule has 0 saturated carbocycles. The van der Waals surface area contributed by atoms with Gasteiger partial charge in [-0.15, -0.1) is 0 Å². The Morgan fingerprint density at radius 1 is 1.27 bits per heavy atom. The molecule has 146 valence electrons. The van der Waals surface area contributed by atoms with Gasteiger partial charge in [0.25, 0.3) is 5.91 Å². The molecule has 1 aliphatic heterocycles. The van der Waals surface area contributed by atoms with E-state index in [0.29, 0.717) is 41.2 Å². The predicted molar refractivity (Wildman–Crippen MR) is 106 cm³/mol. The lowest BCUT2D eigenvalue weighted by molar-refractivity contribution is 0.0690. The van der Waals surface area contributed by atoms with Crippen molar-refractivity contribution in [3.05, 3.63) is 22.7 Å². The summed E-state index contributed by atoms with van der Waals surface area (Å²) in [6, 6.07) is 3.46. The standard InChI is InChI=1S/C20H31ClN2O3/c1-4-6-11-26-19-17(21)12-16(13-18(19)25-5-2)20(24)23-9-7-15(8-10-23)14-22-3/h12-13,15,22H,4-11,14H2,1-3H3. The van der Waals surface area contributed by atoms with Crippen LogP contribution in [0.4, 0.5) is 0 Å². The minimum Gasteiger partial charge on any atom is -0.490 e. The van der Waals surface area contributed by atoms with Gasteiger partial charge in [-0.05, 0) is 57.8 Å². The SMILES string of the molecule is CCCCOc1c(Cl)cc(C(=O)N2CCC(CNC)CC2)cc1OCC. The molecule has 1 aromatic rings. The number of hydrogen-bond acceptors (Lipinski definition) is 4. The number of hydrogen-bond donors (Lipinski definition) is 1. The zero-order chi connectivity index (χ0) is 18.9. The number of carbonyl (C=O) groups excluding carboxylic acids is 1. The quantitative estimate of drug-likeness (QED) is 0.656. The van der Waals surface area contributed by atoms with Gasteiger partial charge >= 0.3 is 0 Å². The lowest BCUT2D eigenvalue weighted by atomic mass is 9.96. The van der Waals surface area contributed by atoms with Gasteiger partial charge in [-0.1, -0.05) is 24.9 Å². The van der Waals surface area contributed by atoms with Gasteiger partial charge in [-0.3, -0.25) is 4.79 Å². The Morgan fingerprint density at radius 3 is 2.62 bits per heavy atom. The van der Waals surface area contributed by atoms with Gasteiger partial charge in [0.15, 0.2) is 11.5 Å². The van der Waals surface area contributed by atoms with Crippen LogP contribution < -0.4 is 14.8 Å². The summed E-state index contributed by atoms with van der Waals surface area (Å²) in [6.45, 7) is 7.66. The summed E-state index contributed by atoms with van der Waals surface area (Å²) in [6.07, 6.45) is 4.04. The number of amides is 1. The minimum absolute atomic E-state index is 0.0101. The normalized spacial score (nSPS) is 15.2. The smallest absolute Gasteiger partial charge is 0.254 e. The number of nitrogens with one attached hydrogen (secondary N) is 1. The molecule has 0 radical (unpaired) electrons. The van der Waals surface area contributed by atoms with Gasteiger partial charge in [0.2, 0.25) is 0 Å². The molecule has 26 heavy (non-hydrogen) atoms. The first kappa shape index (κ1) is 20.8. The van der Waals surface area contributed by atoms with E-state index < -0.39 is 0 Å². The summed E-state index contributed by atoms with van der Waals surface area (Å²) in [7, 11) is 1.97. The molecule has 1 N–H and O–H groups in total. The number of benzene rings is 1. The van der Waals surface area contributed by atoms with Crippen molar-refractivity contribution in [2.24, 2.45) is 5.92 Å². The summed E-state index contributed by atoms with van der Waals surface area (Å²) < 4.78 is 11.5. The van der Waals surface area contributed by atoms with E-state index in [1.54, 1.807) is 12.1 Å².